The van der Waals surface area contributed by atoms with Crippen LogP contribution in [0.25, 0.3) is 0 Å². The molecule has 0 unspecified atom stereocenters. The summed E-state index contributed by atoms with van der Waals surface area (Å²) in [5, 5.41) is 0. The molecule has 0 bridgehead atoms. The molecule has 15 nitrogen and oxygen atoms in total. The molecule has 0 aliphatic rings. The van der Waals surface area contributed by atoms with Crippen LogP contribution in [0, 0.1) is 0 Å². The maximum atomic E-state index is 8.60. The van der Waals surface area contributed by atoms with Crippen LogP contribution in [0.4, 0.5) is 0 Å². The Morgan fingerprint density at radius 2 is 0.364 bits per heavy atom. The molecule has 0 heterocycles. The SMILES string of the molecule is [Ba+2].[Bi+3].[O]=[Nb](=[O])[O-].[O]=[Nb](=[O])[O-].[O]=[Nb](=[O])[O-].[O]=[Nb](=[O])[O-].[O]=[Nb](=[O])[O-]. The van der Waals surface area contributed by atoms with E-state index in [1.165, 1.54) is 0 Å². The molecule has 0 fully saturated rings. The first kappa shape index (κ1) is 45.0. The number of hydrogen-bond donors (Lipinski definition) is 0. The zero-order valence-electron chi connectivity index (χ0n) is 9.51. The Kier molecular flexibility index (Phi) is 81.5. The van der Waals surface area contributed by atoms with Crippen LogP contribution in [-0.2, 0) is 126 Å². The van der Waals surface area contributed by atoms with Crippen molar-refractivity contribution >= 4 is 75.1 Å². The van der Waals surface area contributed by atoms with E-state index in [4.69, 9.17) is 50.6 Å². The van der Waals surface area contributed by atoms with Crippen LogP contribution in [0.3, 0.4) is 0 Å². The molecular formula is BaBiNb5O15. The van der Waals surface area contributed by atoms with E-state index in [-0.39, 0.29) is 75.1 Å². The zero-order chi connectivity index (χ0) is 17.9. The third-order valence-electron chi connectivity index (χ3n) is 0. The monoisotopic (exact) mass is 1050 g/mol. The van der Waals surface area contributed by atoms with Gasteiger partial charge in [0.2, 0.25) is 0 Å². The van der Waals surface area contributed by atoms with Crippen LogP contribution in [0.15, 0.2) is 0 Å². The molecule has 2 radical (unpaired) electrons. The molecule has 22 heavy (non-hydrogen) atoms. The van der Waals surface area contributed by atoms with Crippen LogP contribution >= 0.6 is 0 Å². The topological polar surface area (TPSA) is 286 Å². The summed E-state index contributed by atoms with van der Waals surface area (Å²) in [6.07, 6.45) is 0. The second-order valence-corrected chi connectivity index (χ2v) is 6.61. The maximum absolute atomic E-state index is 8.60. The fourth-order valence-electron chi connectivity index (χ4n) is 0. The molecule has 0 aromatic carbocycles. The van der Waals surface area contributed by atoms with Crippen molar-refractivity contribution in [2.45, 2.75) is 0 Å². The Bertz CT molecular complexity index is 386. The average Bonchev–Trinajstić information content (AvgIpc) is 1.94. The van der Waals surface area contributed by atoms with Crippen molar-refractivity contribution in [2.75, 3.05) is 0 Å². The standard InChI is InChI=1S/Ba.Bi.5Nb.15O/q+2;+3;;;;;;;;;;;;;;;;5*-1. The van der Waals surface area contributed by atoms with Crippen LogP contribution in [0.5, 0.6) is 0 Å². The van der Waals surface area contributed by atoms with Crippen LogP contribution in [-0.4, -0.2) is 75.1 Å². The van der Waals surface area contributed by atoms with Gasteiger partial charge < -0.3 is 0 Å². The van der Waals surface area contributed by atoms with Crippen molar-refractivity contribution in [3.63, 3.8) is 0 Å². The van der Waals surface area contributed by atoms with E-state index in [0.29, 0.717) is 0 Å². The molecule has 0 rings (SSSR count). The summed E-state index contributed by atoms with van der Waals surface area (Å²) in [5.41, 5.74) is 0. The van der Waals surface area contributed by atoms with E-state index in [2.05, 4.69) is 0 Å². The zero-order valence-corrected chi connectivity index (χ0v) is 28.4. The van der Waals surface area contributed by atoms with Gasteiger partial charge in [-0.05, 0) is 0 Å². The molecule has 0 aliphatic carbocycles. The molecule has 0 saturated heterocycles. The fraction of sp³-hybridized carbons (Fsp3) is 0. The summed E-state index contributed by atoms with van der Waals surface area (Å²) >= 11 is -21.0. The Labute approximate surface area is 214 Å². The van der Waals surface area contributed by atoms with E-state index < -0.39 is 93.9 Å². The molecule has 0 spiro atoms. The molecule has 0 aromatic heterocycles. The molecule has 0 aromatic rings. The van der Waals surface area contributed by atoms with Gasteiger partial charge in [-0.1, -0.05) is 0 Å². The first-order chi connectivity index (χ1) is 8.66. The summed E-state index contributed by atoms with van der Waals surface area (Å²) in [5.74, 6) is 0. The summed E-state index contributed by atoms with van der Waals surface area (Å²) in [7, 11) is 0. The second kappa shape index (κ2) is 39.9. The molecule has 122 valence electrons. The van der Waals surface area contributed by atoms with Crippen LogP contribution in [0.1, 0.15) is 0 Å². The Morgan fingerprint density at radius 3 is 0.364 bits per heavy atom. The average molecular weight is 1050 g/mol. The van der Waals surface area contributed by atoms with Gasteiger partial charge in [0, 0.05) is 0 Å². The molecule has 0 aliphatic heterocycles. The van der Waals surface area contributed by atoms with Gasteiger partial charge in [0.25, 0.3) is 0 Å². The van der Waals surface area contributed by atoms with E-state index in [1.807, 2.05) is 0 Å². The number of hydrogen-bond acceptors (Lipinski definition) is 15. The quantitative estimate of drug-likeness (QED) is 0.204. The van der Waals surface area contributed by atoms with Gasteiger partial charge in [-0.2, -0.15) is 0 Å². The first-order valence-corrected chi connectivity index (χ1v) is 16.2. The summed E-state index contributed by atoms with van der Waals surface area (Å²) in [4.78, 5) is 0. The summed E-state index contributed by atoms with van der Waals surface area (Å²) in [6.45, 7) is 0. The third kappa shape index (κ3) is 807. The van der Waals surface area contributed by atoms with Gasteiger partial charge in [0.05, 0.1) is 0 Å². The minimum absolute atomic E-state index is 0. The normalized spacial score (nSPS) is 5.68. The Balaban J connectivity index is -0.0000000250. The van der Waals surface area contributed by atoms with Gasteiger partial charge in [-0.15, -0.1) is 0 Å². The summed E-state index contributed by atoms with van der Waals surface area (Å²) in [6, 6.07) is 0. The Morgan fingerprint density at radius 1 is 0.364 bits per heavy atom. The van der Waals surface area contributed by atoms with Crippen LogP contribution in [0.2, 0.25) is 0 Å². The third-order valence-corrected chi connectivity index (χ3v) is 0. The molecule has 0 amide bonds. The molecule has 0 saturated carbocycles. The van der Waals surface area contributed by atoms with E-state index >= 15 is 0 Å². The van der Waals surface area contributed by atoms with Crippen molar-refractivity contribution in [2.24, 2.45) is 0 Å². The Hall–Kier alpha value is 3.96. The number of rotatable bonds is 0. The predicted octanol–water partition coefficient (Wildman–Crippen LogP) is -7.91. The molecular weight excluding hydrogens is 1050 g/mol. The van der Waals surface area contributed by atoms with Crippen molar-refractivity contribution < 1.29 is 145 Å². The van der Waals surface area contributed by atoms with E-state index in [0.717, 1.165) is 0 Å². The second-order valence-electron chi connectivity index (χ2n) is 1.12. The minimum atomic E-state index is -4.20. The van der Waals surface area contributed by atoms with Crippen molar-refractivity contribution in [1.82, 2.24) is 0 Å². The van der Waals surface area contributed by atoms with Crippen molar-refractivity contribution in [1.29, 1.82) is 0 Å². The van der Waals surface area contributed by atoms with Crippen molar-refractivity contribution in [3.05, 3.63) is 0 Å². The van der Waals surface area contributed by atoms with Crippen molar-refractivity contribution in [3.8, 4) is 0 Å². The summed E-state index contributed by atoms with van der Waals surface area (Å²) < 4.78 is 129. The van der Waals surface area contributed by atoms with Gasteiger partial charge >= 0.3 is 220 Å². The van der Waals surface area contributed by atoms with Gasteiger partial charge in [0.1, 0.15) is 0 Å². The molecule has 0 atom stereocenters. The van der Waals surface area contributed by atoms with Crippen LogP contribution < -0.4 is 18.1 Å². The predicted molar refractivity (Wildman–Crippen MR) is 18.4 cm³/mol. The van der Waals surface area contributed by atoms with Gasteiger partial charge in [-0.3, -0.25) is 0 Å². The van der Waals surface area contributed by atoms with Gasteiger partial charge in [-0.25, -0.2) is 0 Å². The first-order valence-electron chi connectivity index (χ1n) is 2.74. The van der Waals surface area contributed by atoms with E-state index in [1.54, 1.807) is 0 Å². The van der Waals surface area contributed by atoms with Gasteiger partial charge in [0.15, 0.2) is 0 Å². The van der Waals surface area contributed by atoms with E-state index in [9.17, 15) is 0 Å². The fourth-order valence-corrected chi connectivity index (χ4v) is 0. The molecule has 0 N–H and O–H groups in total. The molecule has 22 heteroatoms.